The Hall–Kier alpha value is -2.83. The minimum absolute atomic E-state index is 0.0647. The van der Waals surface area contributed by atoms with Crippen molar-refractivity contribution in [2.45, 2.75) is 47.5 Å². The Balaban J connectivity index is 2.88. The maximum Gasteiger partial charge on any atom is 0.257 e. The lowest BCUT2D eigenvalue weighted by atomic mass is 10.1. The van der Waals surface area contributed by atoms with Gasteiger partial charge in [-0.05, 0) is 55.4 Å². The van der Waals surface area contributed by atoms with Crippen molar-refractivity contribution >= 4 is 23.8 Å². The smallest absolute Gasteiger partial charge is 0.257 e. The fourth-order valence-corrected chi connectivity index (χ4v) is 2.60. The number of rotatable bonds is 13. The van der Waals surface area contributed by atoms with E-state index in [-0.39, 0.29) is 29.9 Å². The van der Waals surface area contributed by atoms with Crippen molar-refractivity contribution in [3.05, 3.63) is 35.4 Å². The van der Waals surface area contributed by atoms with Gasteiger partial charge < -0.3 is 20.7 Å². The summed E-state index contributed by atoms with van der Waals surface area (Å²) in [4.78, 5) is 36.8. The number of amides is 3. The SMILES string of the molecule is CCNC(=O)COc1ccc(C=C(C(=O)NCCC(C)C)C(=O)NCCC(C)C)cc1. The molecule has 31 heavy (non-hydrogen) atoms. The van der Waals surface area contributed by atoms with E-state index in [1.54, 1.807) is 30.3 Å². The first kappa shape index (κ1) is 26.2. The van der Waals surface area contributed by atoms with Gasteiger partial charge in [-0.25, -0.2) is 0 Å². The molecule has 7 nitrogen and oxygen atoms in total. The molecule has 0 heterocycles. The first-order valence-electron chi connectivity index (χ1n) is 11.0. The van der Waals surface area contributed by atoms with Gasteiger partial charge in [-0.15, -0.1) is 0 Å². The molecule has 0 unspecified atom stereocenters. The maximum atomic E-state index is 12.7. The summed E-state index contributed by atoms with van der Waals surface area (Å²) in [6, 6.07) is 6.90. The topological polar surface area (TPSA) is 96.5 Å². The number of benzene rings is 1. The standard InChI is InChI=1S/C24H37N3O4/c1-6-25-22(28)16-31-20-9-7-19(8-10-20)15-21(23(29)26-13-11-17(2)3)24(30)27-14-12-18(4)5/h7-10,15,17-18H,6,11-14,16H2,1-5H3,(H,25,28)(H,26,29)(H,27,30). The second-order valence-electron chi connectivity index (χ2n) is 8.25. The molecule has 172 valence electrons. The van der Waals surface area contributed by atoms with Crippen LogP contribution >= 0.6 is 0 Å². The Morgan fingerprint density at radius 3 is 1.84 bits per heavy atom. The van der Waals surface area contributed by atoms with Crippen molar-refractivity contribution in [3.63, 3.8) is 0 Å². The molecule has 1 rings (SSSR count). The molecule has 3 N–H and O–H groups in total. The number of hydrogen-bond acceptors (Lipinski definition) is 4. The highest BCUT2D eigenvalue weighted by Crippen LogP contribution is 2.15. The summed E-state index contributed by atoms with van der Waals surface area (Å²) in [6.07, 6.45) is 3.25. The summed E-state index contributed by atoms with van der Waals surface area (Å²) in [5.74, 6) is 0.482. The zero-order valence-corrected chi connectivity index (χ0v) is 19.4. The van der Waals surface area contributed by atoms with Crippen molar-refractivity contribution in [1.29, 1.82) is 0 Å². The minimum Gasteiger partial charge on any atom is -0.484 e. The second-order valence-corrected chi connectivity index (χ2v) is 8.25. The van der Waals surface area contributed by atoms with E-state index < -0.39 is 0 Å². The van der Waals surface area contributed by atoms with E-state index in [9.17, 15) is 14.4 Å². The predicted molar refractivity (Wildman–Crippen MR) is 124 cm³/mol. The van der Waals surface area contributed by atoms with Crippen LogP contribution < -0.4 is 20.7 Å². The second kappa shape index (κ2) is 14.2. The van der Waals surface area contributed by atoms with Crippen molar-refractivity contribution < 1.29 is 19.1 Å². The minimum atomic E-state index is -0.390. The summed E-state index contributed by atoms with van der Waals surface area (Å²) in [5, 5.41) is 8.33. The van der Waals surface area contributed by atoms with Gasteiger partial charge in [-0.1, -0.05) is 39.8 Å². The van der Waals surface area contributed by atoms with E-state index in [1.807, 2.05) is 6.92 Å². The van der Waals surface area contributed by atoms with E-state index in [1.165, 1.54) is 0 Å². The van der Waals surface area contributed by atoms with E-state index in [0.29, 0.717) is 42.8 Å². The van der Waals surface area contributed by atoms with Gasteiger partial charge in [-0.3, -0.25) is 14.4 Å². The Bertz CT molecular complexity index is 712. The number of nitrogens with one attached hydrogen (secondary N) is 3. The number of carbonyl (C=O) groups is 3. The normalized spacial score (nSPS) is 10.5. The lowest BCUT2D eigenvalue weighted by molar-refractivity contribution is -0.124. The summed E-state index contributed by atoms with van der Waals surface area (Å²) < 4.78 is 5.43. The molecule has 0 aliphatic carbocycles. The quantitative estimate of drug-likeness (QED) is 0.254. The van der Waals surface area contributed by atoms with Crippen LogP contribution in [0.15, 0.2) is 29.8 Å². The molecule has 0 aliphatic rings. The van der Waals surface area contributed by atoms with Gasteiger partial charge >= 0.3 is 0 Å². The van der Waals surface area contributed by atoms with Crippen LogP contribution in [0.25, 0.3) is 6.08 Å². The van der Waals surface area contributed by atoms with Gasteiger partial charge in [-0.2, -0.15) is 0 Å². The van der Waals surface area contributed by atoms with Crippen LogP contribution in [-0.4, -0.2) is 44.0 Å². The van der Waals surface area contributed by atoms with Crippen LogP contribution in [0.5, 0.6) is 5.75 Å². The van der Waals surface area contributed by atoms with Crippen molar-refractivity contribution in [2.75, 3.05) is 26.2 Å². The van der Waals surface area contributed by atoms with Crippen LogP contribution in [0.4, 0.5) is 0 Å². The molecule has 0 saturated heterocycles. The Morgan fingerprint density at radius 1 is 0.871 bits per heavy atom. The number of carbonyl (C=O) groups excluding carboxylic acids is 3. The lowest BCUT2D eigenvalue weighted by Crippen LogP contribution is -2.36. The average Bonchev–Trinajstić information content (AvgIpc) is 2.70. The van der Waals surface area contributed by atoms with Crippen LogP contribution in [0, 0.1) is 11.8 Å². The van der Waals surface area contributed by atoms with Gasteiger partial charge in [0.1, 0.15) is 11.3 Å². The molecule has 0 aromatic heterocycles. The van der Waals surface area contributed by atoms with Gasteiger partial charge in [0.15, 0.2) is 6.61 Å². The van der Waals surface area contributed by atoms with Crippen molar-refractivity contribution in [2.24, 2.45) is 11.8 Å². The molecule has 0 spiro atoms. The van der Waals surface area contributed by atoms with E-state index in [4.69, 9.17) is 4.74 Å². The summed E-state index contributed by atoms with van der Waals surface area (Å²) in [5.41, 5.74) is 0.766. The van der Waals surface area contributed by atoms with Gasteiger partial charge in [0.25, 0.3) is 17.7 Å². The molecule has 1 aromatic rings. The molecule has 0 aliphatic heterocycles. The molecule has 0 saturated carbocycles. The Kier molecular flexibility index (Phi) is 12.0. The number of likely N-dealkylation sites (N-methyl/N-ethyl adjacent to an activating group) is 1. The molecular formula is C24H37N3O4. The first-order valence-corrected chi connectivity index (χ1v) is 11.0. The highest BCUT2D eigenvalue weighted by molar-refractivity contribution is 6.21. The molecule has 7 heteroatoms. The molecule has 0 atom stereocenters. The molecule has 1 aromatic carbocycles. The monoisotopic (exact) mass is 431 g/mol. The van der Waals surface area contributed by atoms with Crippen LogP contribution in [0.2, 0.25) is 0 Å². The van der Waals surface area contributed by atoms with Crippen LogP contribution in [0.3, 0.4) is 0 Å². The highest BCUT2D eigenvalue weighted by atomic mass is 16.5. The molecule has 3 amide bonds. The maximum absolute atomic E-state index is 12.7. The third kappa shape index (κ3) is 11.2. The molecule has 0 bridgehead atoms. The lowest BCUT2D eigenvalue weighted by Gasteiger charge is -2.12. The van der Waals surface area contributed by atoms with Gasteiger partial charge in [0.05, 0.1) is 0 Å². The molecular weight excluding hydrogens is 394 g/mol. The zero-order chi connectivity index (χ0) is 23.2. The van der Waals surface area contributed by atoms with Crippen LogP contribution in [0.1, 0.15) is 53.0 Å². The van der Waals surface area contributed by atoms with E-state index in [0.717, 1.165) is 12.8 Å². The third-order valence-corrected chi connectivity index (χ3v) is 4.44. The zero-order valence-electron chi connectivity index (χ0n) is 19.4. The van der Waals surface area contributed by atoms with Gasteiger partial charge in [0, 0.05) is 19.6 Å². The van der Waals surface area contributed by atoms with Crippen molar-refractivity contribution in [1.82, 2.24) is 16.0 Å². The Morgan fingerprint density at radius 2 is 1.39 bits per heavy atom. The van der Waals surface area contributed by atoms with E-state index >= 15 is 0 Å². The molecule has 0 fully saturated rings. The largest absolute Gasteiger partial charge is 0.484 e. The highest BCUT2D eigenvalue weighted by Gasteiger charge is 2.18. The number of hydrogen-bond donors (Lipinski definition) is 3. The Labute approximate surface area is 186 Å². The summed E-state index contributed by atoms with van der Waals surface area (Å²) in [7, 11) is 0. The van der Waals surface area contributed by atoms with E-state index in [2.05, 4.69) is 43.6 Å². The fraction of sp³-hybridized carbons (Fsp3) is 0.542. The summed E-state index contributed by atoms with van der Waals surface area (Å²) >= 11 is 0. The third-order valence-electron chi connectivity index (χ3n) is 4.44. The van der Waals surface area contributed by atoms with Crippen LogP contribution in [-0.2, 0) is 14.4 Å². The first-order chi connectivity index (χ1) is 14.7. The van der Waals surface area contributed by atoms with Gasteiger partial charge in [0.2, 0.25) is 0 Å². The summed E-state index contributed by atoms with van der Waals surface area (Å²) in [6.45, 7) is 11.7. The molecule has 0 radical (unpaired) electrons. The predicted octanol–water partition coefficient (Wildman–Crippen LogP) is 2.91. The number of ether oxygens (including phenoxy) is 1. The van der Waals surface area contributed by atoms with Crippen molar-refractivity contribution in [3.8, 4) is 5.75 Å². The average molecular weight is 432 g/mol. The fourth-order valence-electron chi connectivity index (χ4n) is 2.60.